The van der Waals surface area contributed by atoms with Crippen LogP contribution in [0.1, 0.15) is 110 Å². The zero-order valence-corrected chi connectivity index (χ0v) is 44.5. The minimum Gasteiger partial charge on any atom is -0.506 e. The molecule has 3 amide bonds. The molecule has 76 heavy (non-hydrogen) atoms. The predicted molar refractivity (Wildman–Crippen MR) is 293 cm³/mol. The van der Waals surface area contributed by atoms with E-state index in [1.807, 2.05) is 90.1 Å². The number of aromatic hydroxyl groups is 3. The van der Waals surface area contributed by atoms with Crippen LogP contribution in [-0.2, 0) is 28.0 Å². The van der Waals surface area contributed by atoms with E-state index in [9.17, 15) is 29.7 Å². The summed E-state index contributed by atoms with van der Waals surface area (Å²) in [5, 5.41) is 44.6. The van der Waals surface area contributed by atoms with Crippen LogP contribution in [0, 0.1) is 0 Å². The van der Waals surface area contributed by atoms with E-state index in [2.05, 4.69) is 88.8 Å². The Morgan fingerprint density at radius 3 is 1.62 bits per heavy atom. The van der Waals surface area contributed by atoms with Gasteiger partial charge in [-0.1, -0.05) is 80.5 Å². The summed E-state index contributed by atoms with van der Waals surface area (Å²) in [5.74, 6) is -0.610. The molecule has 6 aromatic carbocycles. The quantitative estimate of drug-likeness (QED) is 0.0346. The average molecular weight is 1030 g/mol. The smallest absolute Gasteiger partial charge is 0.251 e. The van der Waals surface area contributed by atoms with Crippen molar-refractivity contribution in [1.29, 1.82) is 0 Å². The lowest BCUT2D eigenvalue weighted by Crippen LogP contribution is -2.42. The van der Waals surface area contributed by atoms with Crippen molar-refractivity contribution < 1.29 is 34.4 Å². The number of fused-ring (bicyclic) bond motifs is 5. The fourth-order valence-corrected chi connectivity index (χ4v) is 9.16. The van der Waals surface area contributed by atoms with E-state index < -0.39 is 6.10 Å². The van der Waals surface area contributed by atoms with Gasteiger partial charge >= 0.3 is 0 Å². The number of phenols is 3. The first kappa shape index (κ1) is 50.8. The fourth-order valence-electron chi connectivity index (χ4n) is 9.16. The number of amides is 3. The van der Waals surface area contributed by atoms with Gasteiger partial charge in [-0.15, -0.1) is 14.1 Å². The number of carbonyl (C=O) groups is 3. The Kier molecular flexibility index (Phi) is 12.6. The minimum atomic E-state index is -0.693. The molecule has 0 spiro atoms. The van der Waals surface area contributed by atoms with Crippen molar-refractivity contribution in [3.63, 3.8) is 0 Å². The SMILES string of the molecule is Cn1n(-c2ccc(C(=O)NCC(CNC(=O)c3ccc4c(c3)n3n(-c5ccc(C(C)(C)C)cc5O)n43)OCCNC(=O)c3ccc4[nH]n(Nc5ccc(C(C)(C)C)cc5O)c4c3)cc2)n1-c1ccc(C(C)(C)C)cc1O. The van der Waals surface area contributed by atoms with Gasteiger partial charge in [0.1, 0.15) is 45.2 Å². The number of hydrogen-bond acceptors (Lipinski definition) is 8. The summed E-state index contributed by atoms with van der Waals surface area (Å²) >= 11 is 0. The number of hydrogen-bond donors (Lipinski definition) is 8. The summed E-state index contributed by atoms with van der Waals surface area (Å²) < 4.78 is 10.0. The topological polar surface area (TPSA) is 219 Å². The number of carbonyl (C=O) groups excluding carboxylic acids is 3. The molecule has 1 atom stereocenters. The predicted octanol–water partition coefficient (Wildman–Crippen LogP) is 8.48. The standard InChI is InChI=1S/C57H66N12O7/c1-55(2,3)37-15-21-43(49(70)29-37)62-64-47-27-35(13-20-42(47)61-64)53(74)58-25-26-76-41(32-59-52(73)34-11-18-40(19-12-34)65-63(10)66(65)45-23-16-38(30-50(45)71)56(4,5)6)33-60-54(75)36-14-22-44-48(28-36)69-67(44)68(69)46-24-17-39(31-51(46)72)57(7,8)9/h11-24,27-31,41,61-62,70-72H,25-26,32-33H2,1-10H3,(H,58,74)(H,59,73)(H,60,75). The fraction of sp³-hybridized carbons (Fsp3) is 0.316. The molecule has 19 heteroatoms. The molecular formula is C57H66N12O7. The third-order valence-electron chi connectivity index (χ3n) is 13.9. The van der Waals surface area contributed by atoms with E-state index in [0.29, 0.717) is 39.3 Å². The monoisotopic (exact) mass is 1030 g/mol. The highest BCUT2D eigenvalue weighted by Crippen LogP contribution is 2.36. The molecule has 0 saturated heterocycles. The van der Waals surface area contributed by atoms with Crippen LogP contribution in [0.15, 0.2) is 115 Å². The molecule has 19 nitrogen and oxygen atoms in total. The molecule has 4 aromatic heterocycles. The van der Waals surface area contributed by atoms with Crippen molar-refractivity contribution in [2.45, 2.75) is 84.7 Å². The Labute approximate surface area is 439 Å². The van der Waals surface area contributed by atoms with E-state index in [0.717, 1.165) is 38.9 Å². The Bertz CT molecular complexity index is 3770. The highest BCUT2D eigenvalue weighted by atomic mass is 16.5. The van der Waals surface area contributed by atoms with Crippen molar-refractivity contribution in [3.8, 4) is 34.3 Å². The second-order valence-corrected chi connectivity index (χ2v) is 22.5. The second-order valence-electron chi connectivity index (χ2n) is 22.5. The third-order valence-corrected chi connectivity index (χ3v) is 13.9. The summed E-state index contributed by atoms with van der Waals surface area (Å²) in [6.45, 7) is 19.1. The van der Waals surface area contributed by atoms with E-state index in [1.54, 1.807) is 65.5 Å². The summed E-state index contributed by atoms with van der Waals surface area (Å²) in [5.41, 5.74) is 12.8. The normalized spacial score (nSPS) is 12.9. The molecule has 0 fully saturated rings. The molecule has 396 valence electrons. The summed E-state index contributed by atoms with van der Waals surface area (Å²) in [4.78, 5) is 49.8. The molecule has 0 aliphatic carbocycles. The van der Waals surface area contributed by atoms with Crippen LogP contribution >= 0.6 is 0 Å². The number of rotatable bonds is 16. The van der Waals surface area contributed by atoms with Gasteiger partial charge in [0, 0.05) is 43.4 Å². The Balaban J connectivity index is 0.792. The van der Waals surface area contributed by atoms with Gasteiger partial charge in [0.05, 0.1) is 29.6 Å². The van der Waals surface area contributed by atoms with Crippen LogP contribution in [0.25, 0.3) is 39.1 Å². The summed E-state index contributed by atoms with van der Waals surface area (Å²) in [6.07, 6.45) is -0.693. The van der Waals surface area contributed by atoms with Crippen molar-refractivity contribution in [2.75, 3.05) is 31.7 Å². The van der Waals surface area contributed by atoms with Gasteiger partial charge in [-0.2, -0.15) is 19.2 Å². The number of phenolic OH excluding ortho intramolecular Hbond substituents is 3. The molecule has 4 heterocycles. The number of anilines is 1. The molecule has 0 radical (unpaired) electrons. The number of nitrogens with zero attached hydrogens (tertiary/aromatic N) is 7. The van der Waals surface area contributed by atoms with Crippen molar-refractivity contribution in [2.24, 2.45) is 7.05 Å². The summed E-state index contributed by atoms with van der Waals surface area (Å²) in [6, 6.07) is 34.6. The van der Waals surface area contributed by atoms with Crippen molar-refractivity contribution in [3.05, 3.63) is 149 Å². The first-order chi connectivity index (χ1) is 36.0. The van der Waals surface area contributed by atoms with Crippen LogP contribution in [0.4, 0.5) is 5.69 Å². The van der Waals surface area contributed by atoms with Gasteiger partial charge in [0.2, 0.25) is 0 Å². The number of aromatic amines is 1. The molecule has 10 aromatic rings. The number of benzene rings is 6. The minimum absolute atomic E-state index is 0.0366. The zero-order chi connectivity index (χ0) is 54.2. The maximum Gasteiger partial charge on any atom is 0.251 e. The molecule has 0 bridgehead atoms. The van der Waals surface area contributed by atoms with Gasteiger partial charge in [-0.05, 0) is 130 Å². The molecule has 0 aliphatic heterocycles. The Morgan fingerprint density at radius 2 is 1.04 bits per heavy atom. The van der Waals surface area contributed by atoms with Gasteiger partial charge in [0.25, 0.3) is 17.7 Å². The maximum absolute atomic E-state index is 13.7. The number of nitrogens with one attached hydrogen (secondary N) is 5. The molecule has 0 saturated carbocycles. The Morgan fingerprint density at radius 1 is 0.539 bits per heavy atom. The van der Waals surface area contributed by atoms with E-state index in [4.69, 9.17) is 4.74 Å². The zero-order valence-electron chi connectivity index (χ0n) is 44.5. The lowest BCUT2D eigenvalue weighted by atomic mass is 9.87. The highest BCUT2D eigenvalue weighted by Gasteiger charge is 2.29. The molecule has 1 unspecified atom stereocenters. The molecule has 10 rings (SSSR count). The van der Waals surface area contributed by atoms with Crippen LogP contribution in [0.3, 0.4) is 0 Å². The second kappa shape index (κ2) is 18.9. The molecular weight excluding hydrogens is 965 g/mol. The van der Waals surface area contributed by atoms with Gasteiger partial charge in [-0.25, -0.2) is 0 Å². The van der Waals surface area contributed by atoms with Crippen molar-refractivity contribution >= 4 is 45.5 Å². The average Bonchev–Trinajstić information content (AvgIpc) is 4.42. The van der Waals surface area contributed by atoms with E-state index in [-0.39, 0.29) is 77.5 Å². The first-order valence-electron chi connectivity index (χ1n) is 25.4. The van der Waals surface area contributed by atoms with Crippen LogP contribution in [0.5, 0.6) is 17.2 Å². The molecule has 8 N–H and O–H groups in total. The lowest BCUT2D eigenvalue weighted by molar-refractivity contribution is 0.0498. The van der Waals surface area contributed by atoms with Crippen LogP contribution in [-0.4, -0.2) is 104 Å². The van der Waals surface area contributed by atoms with E-state index in [1.165, 1.54) is 0 Å². The Hall–Kier alpha value is -8.71. The number of aromatic nitrogens is 8. The first-order valence-corrected chi connectivity index (χ1v) is 25.4. The van der Waals surface area contributed by atoms with E-state index >= 15 is 0 Å². The molecule has 0 aliphatic rings. The third kappa shape index (κ3) is 9.88. The van der Waals surface area contributed by atoms with Crippen molar-refractivity contribution in [1.82, 2.24) is 54.3 Å². The lowest BCUT2D eigenvalue weighted by Gasteiger charge is -2.22. The summed E-state index contributed by atoms with van der Waals surface area (Å²) in [7, 11) is 1.87. The van der Waals surface area contributed by atoms with Crippen LogP contribution < -0.4 is 21.4 Å². The van der Waals surface area contributed by atoms with Gasteiger partial charge in [-0.3, -0.25) is 24.9 Å². The number of H-pyrrole nitrogens is 1. The van der Waals surface area contributed by atoms with Crippen LogP contribution in [0.2, 0.25) is 0 Å². The number of ether oxygens (including phenoxy) is 1. The highest BCUT2D eigenvalue weighted by molar-refractivity contribution is 5.99. The van der Waals surface area contributed by atoms with Gasteiger partial charge < -0.3 is 36.0 Å². The maximum atomic E-state index is 13.7. The largest absolute Gasteiger partial charge is 0.506 e. The van der Waals surface area contributed by atoms with Gasteiger partial charge in [0.15, 0.2) is 0 Å².